The zero-order valence-electron chi connectivity index (χ0n) is 5.91. The van der Waals surface area contributed by atoms with Gasteiger partial charge in [0.1, 0.15) is 0 Å². The molecule has 1 aliphatic heterocycles. The van der Waals surface area contributed by atoms with Crippen LogP contribution < -0.4 is 5.32 Å². The first kappa shape index (κ1) is 7.09. The van der Waals surface area contributed by atoms with Gasteiger partial charge in [-0.1, -0.05) is 6.08 Å². The lowest BCUT2D eigenvalue weighted by Gasteiger charge is -2.01. The van der Waals surface area contributed by atoms with Crippen LogP contribution in [0.15, 0.2) is 36.2 Å². The lowest BCUT2D eigenvalue weighted by Crippen LogP contribution is -2.01. The minimum absolute atomic E-state index is 0.388. The van der Waals surface area contributed by atoms with Gasteiger partial charge in [-0.3, -0.25) is 0 Å². The molecule has 0 aliphatic carbocycles. The van der Waals surface area contributed by atoms with Crippen LogP contribution in [0.5, 0.6) is 0 Å². The Morgan fingerprint density at radius 3 is 3.00 bits per heavy atom. The van der Waals surface area contributed by atoms with Crippen molar-refractivity contribution in [2.45, 2.75) is 13.0 Å². The van der Waals surface area contributed by atoms with Gasteiger partial charge in [-0.15, -0.1) is 0 Å². The van der Waals surface area contributed by atoms with Crippen LogP contribution in [0.25, 0.3) is 0 Å². The van der Waals surface area contributed by atoms with Crippen molar-refractivity contribution < 1.29 is 5.11 Å². The molecule has 0 amide bonds. The van der Waals surface area contributed by atoms with Gasteiger partial charge < -0.3 is 10.4 Å². The molecular formula is C8H11NO. The monoisotopic (exact) mass is 137 g/mol. The van der Waals surface area contributed by atoms with Crippen LogP contribution in [0, 0.1) is 0 Å². The normalized spacial score (nSPS) is 19.2. The second-order valence-electron chi connectivity index (χ2n) is 2.20. The maximum atomic E-state index is 9.12. The zero-order valence-corrected chi connectivity index (χ0v) is 5.91. The van der Waals surface area contributed by atoms with Gasteiger partial charge in [0.15, 0.2) is 0 Å². The molecule has 0 spiro atoms. The smallest absolute Gasteiger partial charge is 0.0762 e. The molecule has 2 heteroatoms. The van der Waals surface area contributed by atoms with Crippen LogP contribution in [0.1, 0.15) is 6.92 Å². The second kappa shape index (κ2) is 3.22. The van der Waals surface area contributed by atoms with Crippen LogP contribution in [0.3, 0.4) is 0 Å². The maximum Gasteiger partial charge on any atom is 0.0762 e. The van der Waals surface area contributed by atoms with Crippen LogP contribution in [0.4, 0.5) is 0 Å². The fourth-order valence-electron chi connectivity index (χ4n) is 0.749. The van der Waals surface area contributed by atoms with Gasteiger partial charge >= 0.3 is 0 Å². The first-order chi connectivity index (χ1) is 4.80. The second-order valence-corrected chi connectivity index (χ2v) is 2.20. The van der Waals surface area contributed by atoms with E-state index in [2.05, 4.69) is 5.32 Å². The predicted octanol–water partition coefficient (Wildman–Crippen LogP) is 0.924. The van der Waals surface area contributed by atoms with Gasteiger partial charge in [0.2, 0.25) is 0 Å². The molecule has 1 aliphatic rings. The van der Waals surface area contributed by atoms with Gasteiger partial charge in [-0.25, -0.2) is 0 Å². The molecule has 10 heavy (non-hydrogen) atoms. The minimum atomic E-state index is -0.388. The Bertz CT molecular complexity index is 189. The molecule has 1 rings (SSSR count). The molecule has 0 saturated carbocycles. The molecule has 1 atom stereocenters. The van der Waals surface area contributed by atoms with E-state index in [1.54, 1.807) is 13.1 Å². The molecule has 0 bridgehead atoms. The highest BCUT2D eigenvalue weighted by Crippen LogP contribution is 2.04. The molecule has 2 nitrogen and oxygen atoms in total. The minimum Gasteiger partial charge on any atom is -0.389 e. The highest BCUT2D eigenvalue weighted by Gasteiger charge is 1.98. The first-order valence-electron chi connectivity index (χ1n) is 3.28. The summed E-state index contributed by atoms with van der Waals surface area (Å²) in [6.07, 6.45) is 8.81. The van der Waals surface area contributed by atoms with E-state index < -0.39 is 0 Å². The summed E-state index contributed by atoms with van der Waals surface area (Å²) >= 11 is 0. The Balaban J connectivity index is 2.73. The third kappa shape index (κ3) is 1.74. The third-order valence-corrected chi connectivity index (χ3v) is 1.34. The largest absolute Gasteiger partial charge is 0.389 e. The molecule has 0 fully saturated rings. The third-order valence-electron chi connectivity index (χ3n) is 1.34. The van der Waals surface area contributed by atoms with Crippen molar-refractivity contribution in [3.8, 4) is 0 Å². The van der Waals surface area contributed by atoms with Gasteiger partial charge in [0, 0.05) is 12.4 Å². The molecule has 0 aromatic rings. The summed E-state index contributed by atoms with van der Waals surface area (Å²) in [4.78, 5) is 0. The average Bonchev–Trinajstić information content (AvgIpc) is 2.12. The van der Waals surface area contributed by atoms with Crippen molar-refractivity contribution in [2.75, 3.05) is 0 Å². The van der Waals surface area contributed by atoms with Crippen molar-refractivity contribution >= 4 is 0 Å². The summed E-state index contributed by atoms with van der Waals surface area (Å²) in [5.41, 5.74) is 0.918. The number of rotatable bonds is 1. The fourth-order valence-corrected chi connectivity index (χ4v) is 0.749. The summed E-state index contributed by atoms with van der Waals surface area (Å²) in [5, 5.41) is 12.0. The quantitative estimate of drug-likeness (QED) is 0.563. The summed E-state index contributed by atoms with van der Waals surface area (Å²) < 4.78 is 0. The highest BCUT2D eigenvalue weighted by atomic mass is 16.3. The standard InChI is InChI=1S/C8H11NO/c1-7(10)8-3-2-5-9-6-4-8/h2-7,9-10H,1H3. The molecular weight excluding hydrogens is 126 g/mol. The molecule has 0 radical (unpaired) electrons. The van der Waals surface area contributed by atoms with Crippen molar-refractivity contribution in [3.63, 3.8) is 0 Å². The molecule has 54 valence electrons. The number of nitrogens with one attached hydrogen (secondary N) is 1. The molecule has 0 aromatic carbocycles. The number of hydrogen-bond acceptors (Lipinski definition) is 2. The van der Waals surface area contributed by atoms with Crippen molar-refractivity contribution in [1.82, 2.24) is 5.32 Å². The van der Waals surface area contributed by atoms with E-state index >= 15 is 0 Å². The Kier molecular flexibility index (Phi) is 2.29. The number of aliphatic hydroxyl groups excluding tert-OH is 1. The molecule has 0 aromatic heterocycles. The topological polar surface area (TPSA) is 32.3 Å². The zero-order chi connectivity index (χ0) is 7.40. The lowest BCUT2D eigenvalue weighted by atomic mass is 10.1. The van der Waals surface area contributed by atoms with Crippen LogP contribution >= 0.6 is 0 Å². The Labute approximate surface area is 60.6 Å². The maximum absolute atomic E-state index is 9.12. The van der Waals surface area contributed by atoms with E-state index in [1.165, 1.54) is 0 Å². The Morgan fingerprint density at radius 1 is 1.50 bits per heavy atom. The van der Waals surface area contributed by atoms with Gasteiger partial charge in [-0.05, 0) is 24.6 Å². The number of aliphatic hydroxyl groups is 1. The van der Waals surface area contributed by atoms with E-state index in [0.29, 0.717) is 0 Å². The SMILES string of the molecule is CC(O)C1=CC=CNC=C1. The Morgan fingerprint density at radius 2 is 2.30 bits per heavy atom. The summed E-state index contributed by atoms with van der Waals surface area (Å²) in [6.45, 7) is 1.75. The van der Waals surface area contributed by atoms with Crippen LogP contribution in [-0.2, 0) is 0 Å². The van der Waals surface area contributed by atoms with E-state index in [1.807, 2.05) is 24.4 Å². The van der Waals surface area contributed by atoms with Gasteiger partial charge in [0.25, 0.3) is 0 Å². The summed E-state index contributed by atoms with van der Waals surface area (Å²) in [5.74, 6) is 0. The van der Waals surface area contributed by atoms with Crippen molar-refractivity contribution in [3.05, 3.63) is 36.2 Å². The van der Waals surface area contributed by atoms with E-state index in [-0.39, 0.29) is 6.10 Å². The molecule has 2 N–H and O–H groups in total. The first-order valence-corrected chi connectivity index (χ1v) is 3.28. The van der Waals surface area contributed by atoms with Crippen molar-refractivity contribution in [1.29, 1.82) is 0 Å². The van der Waals surface area contributed by atoms with Gasteiger partial charge in [0.05, 0.1) is 6.10 Å². The molecule has 1 unspecified atom stereocenters. The predicted molar refractivity (Wildman–Crippen MR) is 41.2 cm³/mol. The van der Waals surface area contributed by atoms with E-state index in [0.717, 1.165) is 5.57 Å². The van der Waals surface area contributed by atoms with E-state index in [4.69, 9.17) is 5.11 Å². The van der Waals surface area contributed by atoms with Gasteiger partial charge in [-0.2, -0.15) is 0 Å². The summed E-state index contributed by atoms with van der Waals surface area (Å²) in [6, 6.07) is 0. The van der Waals surface area contributed by atoms with E-state index in [9.17, 15) is 0 Å². The number of hydrogen-bond donors (Lipinski definition) is 2. The van der Waals surface area contributed by atoms with Crippen molar-refractivity contribution in [2.24, 2.45) is 0 Å². The summed E-state index contributed by atoms with van der Waals surface area (Å²) in [7, 11) is 0. The molecule has 0 saturated heterocycles. The lowest BCUT2D eigenvalue weighted by molar-refractivity contribution is 0.235. The Hall–Kier alpha value is -1.02. The molecule has 1 heterocycles. The fraction of sp³-hybridized carbons (Fsp3) is 0.250. The average molecular weight is 137 g/mol. The highest BCUT2D eigenvalue weighted by molar-refractivity contribution is 5.28. The van der Waals surface area contributed by atoms with Crippen LogP contribution in [-0.4, -0.2) is 11.2 Å². The number of allylic oxidation sites excluding steroid dienone is 2. The van der Waals surface area contributed by atoms with Crippen LogP contribution in [0.2, 0.25) is 0 Å².